The molecule has 5 nitrogen and oxygen atoms in total. The zero-order valence-corrected chi connectivity index (χ0v) is 16.2. The van der Waals surface area contributed by atoms with E-state index in [2.05, 4.69) is 53.7 Å². The van der Waals surface area contributed by atoms with Gasteiger partial charge < -0.3 is 15.5 Å². The predicted octanol–water partition coefficient (Wildman–Crippen LogP) is 2.65. The van der Waals surface area contributed by atoms with Crippen LogP contribution in [0.3, 0.4) is 0 Å². The lowest BCUT2D eigenvalue weighted by atomic mass is 10.2. The molecule has 0 spiro atoms. The number of hydrogen-bond acceptors (Lipinski definition) is 3. The van der Waals surface area contributed by atoms with Gasteiger partial charge in [-0.25, -0.2) is 0 Å². The Bertz CT molecular complexity index is 559. The first-order chi connectivity index (χ1) is 12.2. The Morgan fingerprint density at radius 1 is 1.28 bits per heavy atom. The number of nitrogens with zero attached hydrogens (tertiary/aromatic N) is 2. The molecule has 0 saturated carbocycles. The summed E-state index contributed by atoms with van der Waals surface area (Å²) >= 11 is 1.85. The number of benzene rings is 1. The number of aliphatic imine (C=N–C) groups is 1. The molecule has 1 heterocycles. The summed E-state index contributed by atoms with van der Waals surface area (Å²) in [4.78, 5) is 19.4. The van der Waals surface area contributed by atoms with Crippen molar-refractivity contribution in [2.45, 2.75) is 38.0 Å². The molecule has 1 aromatic carbocycles. The highest BCUT2D eigenvalue weighted by Crippen LogP contribution is 2.17. The smallest absolute Gasteiger partial charge is 0.222 e. The van der Waals surface area contributed by atoms with E-state index in [1.165, 1.54) is 10.5 Å². The number of carbonyl (C=O) groups excluding carboxylic acids is 1. The first kappa shape index (κ1) is 19.6. The van der Waals surface area contributed by atoms with Crippen molar-refractivity contribution in [3.63, 3.8) is 0 Å². The fourth-order valence-corrected chi connectivity index (χ4v) is 3.48. The summed E-state index contributed by atoms with van der Waals surface area (Å²) in [7, 11) is 0. The van der Waals surface area contributed by atoms with Crippen LogP contribution in [0.4, 0.5) is 0 Å². The molecule has 1 aliphatic rings. The van der Waals surface area contributed by atoms with Crippen LogP contribution in [0.5, 0.6) is 0 Å². The normalized spacial score (nSPS) is 14.9. The van der Waals surface area contributed by atoms with Crippen molar-refractivity contribution in [3.05, 3.63) is 29.8 Å². The standard InChI is InChI=1S/C19H30N4OS/c1-3-20-19(21-11-5-14-23-13-4-6-18(23)24)22-12-15-25-17-9-7-16(2)8-10-17/h7-10H,3-6,11-15H2,1-2H3,(H2,20,21,22). The fraction of sp³-hybridized carbons (Fsp3) is 0.579. The molecule has 138 valence electrons. The van der Waals surface area contributed by atoms with Gasteiger partial charge >= 0.3 is 0 Å². The molecule has 2 N–H and O–H groups in total. The molecule has 6 heteroatoms. The van der Waals surface area contributed by atoms with E-state index in [0.29, 0.717) is 12.3 Å². The maximum atomic E-state index is 11.6. The number of guanidine groups is 1. The van der Waals surface area contributed by atoms with Crippen molar-refractivity contribution in [1.29, 1.82) is 0 Å². The lowest BCUT2D eigenvalue weighted by Crippen LogP contribution is -2.38. The Kier molecular flexibility index (Phi) is 8.66. The zero-order chi connectivity index (χ0) is 17.9. The number of nitrogens with one attached hydrogen (secondary N) is 2. The Labute approximate surface area is 155 Å². The average molecular weight is 363 g/mol. The molecule has 0 unspecified atom stereocenters. The van der Waals surface area contributed by atoms with Gasteiger partial charge in [0, 0.05) is 49.8 Å². The van der Waals surface area contributed by atoms with Crippen LogP contribution in [-0.2, 0) is 4.79 Å². The van der Waals surface area contributed by atoms with Crippen LogP contribution in [0.1, 0.15) is 31.7 Å². The van der Waals surface area contributed by atoms with Gasteiger partial charge in [0.1, 0.15) is 0 Å². The SMILES string of the molecule is CCNC(=NCCCN1CCCC1=O)NCCSc1ccc(C)cc1. The van der Waals surface area contributed by atoms with E-state index in [1.807, 2.05) is 16.7 Å². The van der Waals surface area contributed by atoms with Gasteiger partial charge in [0.15, 0.2) is 5.96 Å². The molecule has 25 heavy (non-hydrogen) atoms. The second kappa shape index (κ2) is 11.0. The van der Waals surface area contributed by atoms with Crippen LogP contribution in [0, 0.1) is 6.92 Å². The molecule has 0 atom stereocenters. The zero-order valence-electron chi connectivity index (χ0n) is 15.4. The highest BCUT2D eigenvalue weighted by Gasteiger charge is 2.18. The molecule has 1 aromatic rings. The molecule has 1 saturated heterocycles. The third kappa shape index (κ3) is 7.38. The minimum absolute atomic E-state index is 0.294. The average Bonchev–Trinajstić information content (AvgIpc) is 3.02. The van der Waals surface area contributed by atoms with Crippen LogP contribution in [0.2, 0.25) is 0 Å². The maximum absolute atomic E-state index is 11.6. The summed E-state index contributed by atoms with van der Waals surface area (Å²) < 4.78 is 0. The number of rotatable bonds is 9. The third-order valence-electron chi connectivity index (χ3n) is 4.06. The van der Waals surface area contributed by atoms with Gasteiger partial charge in [0.2, 0.25) is 5.91 Å². The van der Waals surface area contributed by atoms with E-state index in [4.69, 9.17) is 0 Å². The van der Waals surface area contributed by atoms with Crippen molar-refractivity contribution < 1.29 is 4.79 Å². The lowest BCUT2D eigenvalue weighted by Gasteiger charge is -2.15. The van der Waals surface area contributed by atoms with Gasteiger partial charge in [0.05, 0.1) is 0 Å². The molecule has 0 aromatic heterocycles. The second-order valence-corrected chi connectivity index (χ2v) is 7.36. The molecule has 0 aliphatic carbocycles. The van der Waals surface area contributed by atoms with Gasteiger partial charge in [0.25, 0.3) is 0 Å². The molecule has 0 bridgehead atoms. The number of carbonyl (C=O) groups is 1. The molecular formula is C19H30N4OS. The van der Waals surface area contributed by atoms with Crippen molar-refractivity contribution in [2.75, 3.05) is 38.5 Å². The van der Waals surface area contributed by atoms with Crippen molar-refractivity contribution >= 4 is 23.6 Å². The monoisotopic (exact) mass is 362 g/mol. The number of amides is 1. The summed E-state index contributed by atoms with van der Waals surface area (Å²) in [6.07, 6.45) is 2.64. The van der Waals surface area contributed by atoms with Crippen molar-refractivity contribution in [2.24, 2.45) is 4.99 Å². The van der Waals surface area contributed by atoms with E-state index >= 15 is 0 Å². The molecular weight excluding hydrogens is 332 g/mol. The molecule has 2 rings (SSSR count). The topological polar surface area (TPSA) is 56.7 Å². The van der Waals surface area contributed by atoms with E-state index in [-0.39, 0.29) is 0 Å². The summed E-state index contributed by atoms with van der Waals surface area (Å²) in [5, 5.41) is 6.65. The lowest BCUT2D eigenvalue weighted by molar-refractivity contribution is -0.127. The molecule has 1 aliphatic heterocycles. The number of thioether (sulfide) groups is 1. The van der Waals surface area contributed by atoms with Crippen molar-refractivity contribution in [1.82, 2.24) is 15.5 Å². The molecule has 0 radical (unpaired) electrons. The predicted molar refractivity (Wildman–Crippen MR) is 106 cm³/mol. The number of likely N-dealkylation sites (tertiary alicyclic amines) is 1. The van der Waals surface area contributed by atoms with Crippen LogP contribution in [0.15, 0.2) is 34.2 Å². The number of aryl methyl sites for hydroxylation is 1. The van der Waals surface area contributed by atoms with Crippen LogP contribution >= 0.6 is 11.8 Å². The summed E-state index contributed by atoms with van der Waals surface area (Å²) in [5.41, 5.74) is 1.29. The first-order valence-corrected chi connectivity index (χ1v) is 10.2. The van der Waals surface area contributed by atoms with Gasteiger partial charge in [-0.2, -0.15) is 0 Å². The Morgan fingerprint density at radius 2 is 2.08 bits per heavy atom. The van der Waals surface area contributed by atoms with Gasteiger partial charge in [-0.05, 0) is 38.8 Å². The fourth-order valence-electron chi connectivity index (χ4n) is 2.71. The molecule has 1 amide bonds. The number of hydrogen-bond donors (Lipinski definition) is 2. The second-order valence-electron chi connectivity index (χ2n) is 6.19. The van der Waals surface area contributed by atoms with E-state index in [9.17, 15) is 4.79 Å². The quantitative estimate of drug-likeness (QED) is 0.307. The summed E-state index contributed by atoms with van der Waals surface area (Å²) in [6, 6.07) is 8.62. The third-order valence-corrected chi connectivity index (χ3v) is 5.07. The Balaban J connectivity index is 1.64. The highest BCUT2D eigenvalue weighted by atomic mass is 32.2. The Hall–Kier alpha value is -1.69. The van der Waals surface area contributed by atoms with E-state index < -0.39 is 0 Å². The van der Waals surface area contributed by atoms with Crippen LogP contribution in [-0.4, -0.2) is 55.2 Å². The van der Waals surface area contributed by atoms with Crippen LogP contribution in [0.25, 0.3) is 0 Å². The summed E-state index contributed by atoms with van der Waals surface area (Å²) in [5.74, 6) is 2.15. The minimum Gasteiger partial charge on any atom is -0.357 e. The summed E-state index contributed by atoms with van der Waals surface area (Å²) in [6.45, 7) is 8.37. The Morgan fingerprint density at radius 3 is 2.76 bits per heavy atom. The highest BCUT2D eigenvalue weighted by molar-refractivity contribution is 7.99. The van der Waals surface area contributed by atoms with Gasteiger partial charge in [-0.3, -0.25) is 9.79 Å². The van der Waals surface area contributed by atoms with Crippen LogP contribution < -0.4 is 10.6 Å². The van der Waals surface area contributed by atoms with Gasteiger partial charge in [-0.1, -0.05) is 17.7 Å². The van der Waals surface area contributed by atoms with Crippen molar-refractivity contribution in [3.8, 4) is 0 Å². The van der Waals surface area contributed by atoms with E-state index in [0.717, 1.165) is 57.3 Å². The maximum Gasteiger partial charge on any atom is 0.222 e. The minimum atomic E-state index is 0.294. The first-order valence-electron chi connectivity index (χ1n) is 9.18. The molecule has 1 fully saturated rings. The van der Waals surface area contributed by atoms with E-state index in [1.54, 1.807) is 0 Å². The largest absolute Gasteiger partial charge is 0.357 e. The van der Waals surface area contributed by atoms with Gasteiger partial charge in [-0.15, -0.1) is 11.8 Å².